The van der Waals surface area contributed by atoms with E-state index in [1.54, 1.807) is 36.4 Å². The quantitative estimate of drug-likeness (QED) is 0.389. The Bertz CT molecular complexity index is 763. The molecule has 5 nitrogen and oxygen atoms in total. The predicted octanol–water partition coefficient (Wildman–Crippen LogP) is 4.91. The van der Waals surface area contributed by atoms with Crippen molar-refractivity contribution in [2.45, 2.75) is 0 Å². The van der Waals surface area contributed by atoms with Gasteiger partial charge in [-0.25, -0.2) is 4.79 Å². The monoisotopic (exact) mass is 292 g/mol. The van der Waals surface area contributed by atoms with Crippen molar-refractivity contribution in [3.05, 3.63) is 78.8 Å². The number of azo groups is 1. The first kappa shape index (κ1) is 13.8. The van der Waals surface area contributed by atoms with Crippen molar-refractivity contribution in [1.82, 2.24) is 0 Å². The van der Waals surface area contributed by atoms with Crippen LogP contribution >= 0.6 is 0 Å². The summed E-state index contributed by atoms with van der Waals surface area (Å²) in [5.41, 5.74) is 1.44. The third-order valence-corrected chi connectivity index (χ3v) is 2.81. The van der Waals surface area contributed by atoms with Crippen LogP contribution in [0.2, 0.25) is 0 Å². The van der Waals surface area contributed by atoms with Gasteiger partial charge in [0, 0.05) is 0 Å². The maximum absolute atomic E-state index is 11.7. The molecule has 0 aliphatic rings. The Morgan fingerprint density at radius 3 is 2.14 bits per heavy atom. The summed E-state index contributed by atoms with van der Waals surface area (Å²) in [4.78, 5) is 11.7. The lowest BCUT2D eigenvalue weighted by molar-refractivity contribution is 0.0701. The van der Waals surface area contributed by atoms with Crippen LogP contribution in [-0.2, 0) is 0 Å². The number of hydrogen-bond acceptors (Lipinski definition) is 5. The smallest absolute Gasteiger partial charge is 0.379 e. The lowest BCUT2D eigenvalue weighted by Crippen LogP contribution is -2.06. The molecule has 108 valence electrons. The van der Waals surface area contributed by atoms with Crippen molar-refractivity contribution in [2.24, 2.45) is 10.2 Å². The standard InChI is InChI=1S/C17H12N2O3/c20-17(16-7-4-12-21-16)22-15-10-8-14(9-11-15)19-18-13-5-2-1-3-6-13/h1-12H. The maximum Gasteiger partial charge on any atom is 0.379 e. The molecule has 0 spiro atoms. The zero-order chi connectivity index (χ0) is 15.2. The van der Waals surface area contributed by atoms with Crippen molar-refractivity contribution in [1.29, 1.82) is 0 Å². The molecule has 22 heavy (non-hydrogen) atoms. The summed E-state index contributed by atoms with van der Waals surface area (Å²) < 4.78 is 10.1. The molecule has 0 aliphatic carbocycles. The van der Waals surface area contributed by atoms with Gasteiger partial charge in [0.2, 0.25) is 5.76 Å². The Labute approximate surface area is 126 Å². The van der Waals surface area contributed by atoms with Gasteiger partial charge in [-0.15, -0.1) is 0 Å². The molecule has 1 aromatic heterocycles. The Morgan fingerprint density at radius 1 is 0.818 bits per heavy atom. The third-order valence-electron chi connectivity index (χ3n) is 2.81. The van der Waals surface area contributed by atoms with E-state index in [2.05, 4.69) is 10.2 Å². The molecule has 0 unspecified atom stereocenters. The second kappa shape index (κ2) is 6.49. The molecular weight excluding hydrogens is 280 g/mol. The number of rotatable bonds is 4. The van der Waals surface area contributed by atoms with Gasteiger partial charge in [0.05, 0.1) is 17.6 Å². The number of esters is 1. The predicted molar refractivity (Wildman–Crippen MR) is 80.7 cm³/mol. The Hall–Kier alpha value is -3.21. The molecular formula is C17H12N2O3. The molecule has 0 amide bonds. The molecule has 0 N–H and O–H groups in total. The van der Waals surface area contributed by atoms with E-state index in [1.807, 2.05) is 30.3 Å². The number of ether oxygens (including phenoxy) is 1. The van der Waals surface area contributed by atoms with E-state index in [-0.39, 0.29) is 5.76 Å². The van der Waals surface area contributed by atoms with E-state index < -0.39 is 5.97 Å². The zero-order valence-electron chi connectivity index (χ0n) is 11.5. The van der Waals surface area contributed by atoms with Crippen molar-refractivity contribution in [2.75, 3.05) is 0 Å². The molecule has 3 aromatic rings. The Balaban J connectivity index is 1.65. The summed E-state index contributed by atoms with van der Waals surface area (Å²) in [5, 5.41) is 8.22. The highest BCUT2D eigenvalue weighted by molar-refractivity contribution is 5.88. The van der Waals surface area contributed by atoms with Gasteiger partial charge in [0.1, 0.15) is 5.75 Å². The number of furan rings is 1. The van der Waals surface area contributed by atoms with E-state index in [0.29, 0.717) is 11.4 Å². The van der Waals surface area contributed by atoms with Gasteiger partial charge >= 0.3 is 5.97 Å². The fraction of sp³-hybridized carbons (Fsp3) is 0. The molecule has 2 aromatic carbocycles. The SMILES string of the molecule is O=C(Oc1ccc(N=Nc2ccccc2)cc1)c1ccco1. The van der Waals surface area contributed by atoms with Crippen LogP contribution in [0.15, 0.2) is 87.6 Å². The summed E-state index contributed by atoms with van der Waals surface area (Å²) in [7, 11) is 0. The van der Waals surface area contributed by atoms with Crippen molar-refractivity contribution in [3.8, 4) is 5.75 Å². The summed E-state index contributed by atoms with van der Waals surface area (Å²) in [6.07, 6.45) is 1.42. The molecule has 0 radical (unpaired) electrons. The van der Waals surface area contributed by atoms with Crippen LogP contribution in [-0.4, -0.2) is 5.97 Å². The number of carbonyl (C=O) groups is 1. The van der Waals surface area contributed by atoms with Crippen molar-refractivity contribution < 1.29 is 13.9 Å². The highest BCUT2D eigenvalue weighted by atomic mass is 16.5. The topological polar surface area (TPSA) is 64.2 Å². The number of benzene rings is 2. The minimum absolute atomic E-state index is 0.160. The van der Waals surface area contributed by atoms with Gasteiger partial charge in [0.25, 0.3) is 0 Å². The average molecular weight is 292 g/mol. The van der Waals surface area contributed by atoms with E-state index in [9.17, 15) is 4.79 Å². The van der Waals surface area contributed by atoms with Crippen molar-refractivity contribution >= 4 is 17.3 Å². The lowest BCUT2D eigenvalue weighted by atomic mass is 10.3. The minimum Gasteiger partial charge on any atom is -0.457 e. The largest absolute Gasteiger partial charge is 0.457 e. The first-order valence-electron chi connectivity index (χ1n) is 6.64. The Morgan fingerprint density at radius 2 is 1.50 bits per heavy atom. The van der Waals surface area contributed by atoms with Crippen LogP contribution < -0.4 is 4.74 Å². The summed E-state index contributed by atoms with van der Waals surface area (Å²) in [6.45, 7) is 0. The van der Waals surface area contributed by atoms with Crippen LogP contribution in [0.4, 0.5) is 11.4 Å². The van der Waals surface area contributed by atoms with E-state index in [4.69, 9.17) is 9.15 Å². The van der Waals surface area contributed by atoms with Gasteiger partial charge in [0.15, 0.2) is 0 Å². The normalized spacial score (nSPS) is 10.7. The zero-order valence-corrected chi connectivity index (χ0v) is 11.5. The molecule has 0 saturated heterocycles. The molecule has 3 rings (SSSR count). The first-order valence-corrected chi connectivity index (χ1v) is 6.64. The highest BCUT2D eigenvalue weighted by Crippen LogP contribution is 2.21. The fourth-order valence-corrected chi connectivity index (χ4v) is 1.74. The van der Waals surface area contributed by atoms with Gasteiger partial charge in [-0.2, -0.15) is 10.2 Å². The van der Waals surface area contributed by atoms with Crippen LogP contribution in [0.25, 0.3) is 0 Å². The molecule has 0 fully saturated rings. The van der Waals surface area contributed by atoms with Crippen LogP contribution in [0, 0.1) is 0 Å². The third kappa shape index (κ3) is 3.46. The van der Waals surface area contributed by atoms with Gasteiger partial charge in [-0.05, 0) is 48.5 Å². The molecule has 0 atom stereocenters. The Kier molecular flexibility index (Phi) is 4.06. The van der Waals surface area contributed by atoms with E-state index in [1.165, 1.54) is 6.26 Å². The lowest BCUT2D eigenvalue weighted by Gasteiger charge is -2.01. The summed E-state index contributed by atoms with van der Waals surface area (Å²) in [6, 6.07) is 19.4. The van der Waals surface area contributed by atoms with E-state index >= 15 is 0 Å². The highest BCUT2D eigenvalue weighted by Gasteiger charge is 2.10. The van der Waals surface area contributed by atoms with Crippen LogP contribution in [0.3, 0.4) is 0 Å². The number of hydrogen-bond donors (Lipinski definition) is 0. The van der Waals surface area contributed by atoms with Gasteiger partial charge in [-0.3, -0.25) is 0 Å². The van der Waals surface area contributed by atoms with Crippen molar-refractivity contribution in [3.63, 3.8) is 0 Å². The van der Waals surface area contributed by atoms with Crippen LogP contribution in [0.5, 0.6) is 5.75 Å². The maximum atomic E-state index is 11.7. The van der Waals surface area contributed by atoms with Gasteiger partial charge < -0.3 is 9.15 Å². The summed E-state index contributed by atoms with van der Waals surface area (Å²) in [5.74, 6) is 0.0385. The second-order valence-electron chi connectivity index (χ2n) is 4.40. The van der Waals surface area contributed by atoms with E-state index in [0.717, 1.165) is 5.69 Å². The average Bonchev–Trinajstić information content (AvgIpc) is 3.10. The fourth-order valence-electron chi connectivity index (χ4n) is 1.74. The number of carbonyl (C=O) groups excluding carboxylic acids is 1. The molecule has 5 heteroatoms. The van der Waals surface area contributed by atoms with Crippen LogP contribution in [0.1, 0.15) is 10.6 Å². The first-order chi connectivity index (χ1) is 10.8. The second-order valence-corrected chi connectivity index (χ2v) is 4.40. The molecule has 0 saturated carbocycles. The molecule has 0 aliphatic heterocycles. The number of nitrogens with zero attached hydrogens (tertiary/aromatic N) is 2. The molecule has 1 heterocycles. The molecule has 0 bridgehead atoms. The minimum atomic E-state index is -0.538. The summed E-state index contributed by atoms with van der Waals surface area (Å²) >= 11 is 0. The van der Waals surface area contributed by atoms with Gasteiger partial charge in [-0.1, -0.05) is 18.2 Å².